The van der Waals surface area contributed by atoms with Gasteiger partial charge >= 0.3 is 0 Å². The molecule has 1 N–H and O–H groups in total. The molecular weight excluding hydrogens is 379 g/mol. The number of nitrogens with zero attached hydrogens (tertiary/aromatic N) is 5. The Labute approximate surface area is 174 Å². The van der Waals surface area contributed by atoms with Gasteiger partial charge in [0.15, 0.2) is 5.65 Å². The van der Waals surface area contributed by atoms with E-state index in [1.807, 2.05) is 41.1 Å². The normalized spacial score (nSPS) is 16.7. The number of piperidine rings is 1. The van der Waals surface area contributed by atoms with Gasteiger partial charge in [-0.3, -0.25) is 0 Å². The van der Waals surface area contributed by atoms with Crippen LogP contribution in [-0.4, -0.2) is 32.8 Å². The number of hydrogen-bond donors (Lipinski definition) is 1. The summed E-state index contributed by atoms with van der Waals surface area (Å²) in [6.07, 6.45) is 4.09. The van der Waals surface area contributed by atoms with Gasteiger partial charge in [0.1, 0.15) is 11.6 Å². The molecule has 1 saturated heterocycles. The van der Waals surface area contributed by atoms with Crippen molar-refractivity contribution in [3.63, 3.8) is 0 Å². The zero-order valence-electron chi connectivity index (χ0n) is 16.8. The second-order valence-corrected chi connectivity index (χ2v) is 7.83. The van der Waals surface area contributed by atoms with Gasteiger partial charge in [-0.25, -0.2) is 9.07 Å². The predicted octanol–water partition coefficient (Wildman–Crippen LogP) is 4.93. The molecule has 0 radical (unpaired) electrons. The number of nitrogens with one attached hydrogen (secondary N) is 1. The summed E-state index contributed by atoms with van der Waals surface area (Å²) in [6.45, 7) is 4.10. The fourth-order valence-electron chi connectivity index (χ4n) is 3.97. The molecule has 0 spiro atoms. The van der Waals surface area contributed by atoms with Crippen molar-refractivity contribution >= 4 is 28.5 Å². The quantitative estimate of drug-likeness (QED) is 0.524. The summed E-state index contributed by atoms with van der Waals surface area (Å²) >= 11 is 0. The standard InChI is InChI=1S/C23H23FN6/c1-16-7-6-12-29(15-16)23-27-21(26-18-9-5-8-17(24)13-18)20-14-25-30(22(20)28-23)19-10-3-2-4-11-19/h2-5,8-11,13-14,16H,6-7,12,15H2,1H3,(H,26,27,28). The molecule has 1 atom stereocenters. The Morgan fingerprint density at radius 1 is 1.07 bits per heavy atom. The van der Waals surface area contributed by atoms with Gasteiger partial charge < -0.3 is 10.2 Å². The SMILES string of the molecule is CC1CCCN(c2nc(Nc3cccc(F)c3)c3cnn(-c4ccccc4)c3n2)C1. The van der Waals surface area contributed by atoms with Crippen LogP contribution in [0.3, 0.4) is 0 Å². The van der Waals surface area contributed by atoms with Crippen LogP contribution in [0.4, 0.5) is 21.8 Å². The van der Waals surface area contributed by atoms with Crippen LogP contribution in [0.25, 0.3) is 16.7 Å². The number of fused-ring (bicyclic) bond motifs is 1. The van der Waals surface area contributed by atoms with E-state index in [1.165, 1.54) is 18.6 Å². The number of aromatic nitrogens is 4. The maximum Gasteiger partial charge on any atom is 0.229 e. The maximum atomic E-state index is 13.7. The summed E-state index contributed by atoms with van der Waals surface area (Å²) in [5, 5.41) is 8.63. The molecule has 3 heterocycles. The second kappa shape index (κ2) is 7.74. The fourth-order valence-corrected chi connectivity index (χ4v) is 3.97. The summed E-state index contributed by atoms with van der Waals surface area (Å²) in [7, 11) is 0. The van der Waals surface area contributed by atoms with Gasteiger partial charge in [-0.15, -0.1) is 0 Å². The first-order chi connectivity index (χ1) is 14.7. The van der Waals surface area contributed by atoms with Crippen molar-refractivity contribution in [3.05, 3.63) is 66.6 Å². The van der Waals surface area contributed by atoms with Gasteiger partial charge in [-0.2, -0.15) is 15.1 Å². The minimum absolute atomic E-state index is 0.296. The first-order valence-corrected chi connectivity index (χ1v) is 10.3. The Hall–Kier alpha value is -3.48. The summed E-state index contributed by atoms with van der Waals surface area (Å²) in [4.78, 5) is 11.9. The van der Waals surface area contributed by atoms with Crippen LogP contribution in [0, 0.1) is 11.7 Å². The minimum Gasteiger partial charge on any atom is -0.340 e. The number of para-hydroxylation sites is 1. The molecule has 0 amide bonds. The average molecular weight is 402 g/mol. The van der Waals surface area contributed by atoms with E-state index in [9.17, 15) is 4.39 Å². The van der Waals surface area contributed by atoms with E-state index in [0.717, 1.165) is 36.2 Å². The van der Waals surface area contributed by atoms with Crippen LogP contribution < -0.4 is 10.2 Å². The molecule has 152 valence electrons. The lowest BCUT2D eigenvalue weighted by Crippen LogP contribution is -2.35. The van der Waals surface area contributed by atoms with Crippen molar-refractivity contribution in [2.75, 3.05) is 23.3 Å². The molecule has 30 heavy (non-hydrogen) atoms. The molecule has 0 bridgehead atoms. The van der Waals surface area contributed by atoms with Crippen LogP contribution in [0.15, 0.2) is 60.8 Å². The third kappa shape index (κ3) is 3.58. The van der Waals surface area contributed by atoms with Gasteiger partial charge in [0, 0.05) is 18.8 Å². The zero-order chi connectivity index (χ0) is 20.5. The fraction of sp³-hybridized carbons (Fsp3) is 0.261. The van der Waals surface area contributed by atoms with Crippen LogP contribution >= 0.6 is 0 Å². The van der Waals surface area contributed by atoms with Gasteiger partial charge in [-0.05, 0) is 49.1 Å². The maximum absolute atomic E-state index is 13.7. The second-order valence-electron chi connectivity index (χ2n) is 7.83. The molecule has 4 aromatic rings. The lowest BCUT2D eigenvalue weighted by Gasteiger charge is -2.31. The Bertz CT molecular complexity index is 1170. The Morgan fingerprint density at radius 3 is 2.73 bits per heavy atom. The number of rotatable bonds is 4. The van der Waals surface area contributed by atoms with E-state index in [4.69, 9.17) is 9.97 Å². The van der Waals surface area contributed by atoms with Gasteiger partial charge in [0.2, 0.25) is 5.95 Å². The Morgan fingerprint density at radius 2 is 1.93 bits per heavy atom. The summed E-state index contributed by atoms with van der Waals surface area (Å²) in [6, 6.07) is 16.3. The number of anilines is 3. The average Bonchev–Trinajstić information content (AvgIpc) is 3.19. The van der Waals surface area contributed by atoms with Gasteiger partial charge in [0.05, 0.1) is 17.3 Å². The molecular formula is C23H23FN6. The van der Waals surface area contributed by atoms with Crippen molar-refractivity contribution in [3.8, 4) is 5.69 Å². The van der Waals surface area contributed by atoms with Crippen molar-refractivity contribution in [1.82, 2.24) is 19.7 Å². The molecule has 1 unspecified atom stereocenters. The summed E-state index contributed by atoms with van der Waals surface area (Å²) < 4.78 is 15.5. The van der Waals surface area contributed by atoms with Crippen molar-refractivity contribution in [1.29, 1.82) is 0 Å². The molecule has 7 heteroatoms. The van der Waals surface area contributed by atoms with E-state index >= 15 is 0 Å². The van der Waals surface area contributed by atoms with Crippen LogP contribution in [0.5, 0.6) is 0 Å². The highest BCUT2D eigenvalue weighted by atomic mass is 19.1. The third-order valence-corrected chi connectivity index (χ3v) is 5.44. The molecule has 2 aromatic carbocycles. The van der Waals surface area contributed by atoms with Crippen molar-refractivity contribution in [2.45, 2.75) is 19.8 Å². The monoisotopic (exact) mass is 402 g/mol. The lowest BCUT2D eigenvalue weighted by molar-refractivity contribution is 0.442. The van der Waals surface area contributed by atoms with E-state index in [2.05, 4.69) is 22.2 Å². The summed E-state index contributed by atoms with van der Waals surface area (Å²) in [5.74, 6) is 1.60. The van der Waals surface area contributed by atoms with Crippen LogP contribution in [0.2, 0.25) is 0 Å². The highest BCUT2D eigenvalue weighted by Crippen LogP contribution is 2.29. The molecule has 2 aromatic heterocycles. The summed E-state index contributed by atoms with van der Waals surface area (Å²) in [5.41, 5.74) is 2.30. The van der Waals surface area contributed by atoms with E-state index in [1.54, 1.807) is 12.3 Å². The Balaban J connectivity index is 1.64. The Kier molecular flexibility index (Phi) is 4.78. The highest BCUT2D eigenvalue weighted by molar-refractivity contribution is 5.90. The third-order valence-electron chi connectivity index (χ3n) is 5.44. The van der Waals surface area contributed by atoms with E-state index in [-0.39, 0.29) is 5.82 Å². The van der Waals surface area contributed by atoms with E-state index in [0.29, 0.717) is 23.4 Å². The topological polar surface area (TPSA) is 58.9 Å². The minimum atomic E-state index is -0.296. The molecule has 1 aliphatic rings. The number of hydrogen-bond acceptors (Lipinski definition) is 5. The molecule has 1 aliphatic heterocycles. The zero-order valence-corrected chi connectivity index (χ0v) is 16.8. The molecule has 1 fully saturated rings. The van der Waals surface area contributed by atoms with Gasteiger partial charge in [-0.1, -0.05) is 31.2 Å². The van der Waals surface area contributed by atoms with Crippen LogP contribution in [-0.2, 0) is 0 Å². The molecule has 6 nitrogen and oxygen atoms in total. The van der Waals surface area contributed by atoms with Crippen LogP contribution in [0.1, 0.15) is 19.8 Å². The molecule has 5 rings (SSSR count). The van der Waals surface area contributed by atoms with Crippen molar-refractivity contribution < 1.29 is 4.39 Å². The molecule has 0 aliphatic carbocycles. The highest BCUT2D eigenvalue weighted by Gasteiger charge is 2.22. The first-order valence-electron chi connectivity index (χ1n) is 10.3. The largest absolute Gasteiger partial charge is 0.340 e. The predicted molar refractivity (Wildman–Crippen MR) is 117 cm³/mol. The van der Waals surface area contributed by atoms with E-state index < -0.39 is 0 Å². The number of benzene rings is 2. The first kappa shape index (κ1) is 18.5. The number of halogens is 1. The molecule has 0 saturated carbocycles. The lowest BCUT2D eigenvalue weighted by atomic mass is 10.0. The van der Waals surface area contributed by atoms with Gasteiger partial charge in [0.25, 0.3) is 0 Å². The smallest absolute Gasteiger partial charge is 0.229 e. The van der Waals surface area contributed by atoms with Crippen molar-refractivity contribution in [2.24, 2.45) is 5.92 Å².